The predicted molar refractivity (Wildman–Crippen MR) is 98.9 cm³/mol. The van der Waals surface area contributed by atoms with Crippen LogP contribution >= 0.6 is 11.8 Å². The number of benzene rings is 1. The zero-order chi connectivity index (χ0) is 19.7. The van der Waals surface area contributed by atoms with Gasteiger partial charge in [0, 0.05) is 28.6 Å². The van der Waals surface area contributed by atoms with E-state index in [2.05, 4.69) is 38.7 Å². The van der Waals surface area contributed by atoms with Gasteiger partial charge >= 0.3 is 12.1 Å². The Labute approximate surface area is 162 Å². The largest absolute Gasteiger partial charge is 0.471 e. The first kappa shape index (κ1) is 18.5. The summed E-state index contributed by atoms with van der Waals surface area (Å²) in [6, 6.07) is 11.6. The summed E-state index contributed by atoms with van der Waals surface area (Å²) < 4.78 is 44.0. The summed E-state index contributed by atoms with van der Waals surface area (Å²) in [6.45, 7) is 2.12. The molecule has 0 unspecified atom stereocenters. The first-order chi connectivity index (χ1) is 13.4. The van der Waals surface area contributed by atoms with Crippen LogP contribution in [-0.4, -0.2) is 19.5 Å². The van der Waals surface area contributed by atoms with Crippen molar-refractivity contribution in [3.8, 4) is 11.4 Å². The number of halogens is 3. The second-order valence-electron chi connectivity index (χ2n) is 6.09. The van der Waals surface area contributed by atoms with Crippen LogP contribution in [0.5, 0.6) is 0 Å². The Hall–Kier alpha value is -2.81. The van der Waals surface area contributed by atoms with Crippen molar-refractivity contribution in [2.45, 2.75) is 30.2 Å². The van der Waals surface area contributed by atoms with Gasteiger partial charge in [-0.25, -0.2) is 4.98 Å². The van der Waals surface area contributed by atoms with Gasteiger partial charge in [0.2, 0.25) is 5.82 Å². The highest BCUT2D eigenvalue weighted by Crippen LogP contribution is 2.30. The first-order valence-corrected chi connectivity index (χ1v) is 9.52. The monoisotopic (exact) mass is 404 g/mol. The highest BCUT2D eigenvalue weighted by Gasteiger charge is 2.38. The van der Waals surface area contributed by atoms with Crippen molar-refractivity contribution < 1.29 is 17.7 Å². The molecule has 5 nitrogen and oxygen atoms in total. The van der Waals surface area contributed by atoms with Gasteiger partial charge in [-0.05, 0) is 30.2 Å². The van der Waals surface area contributed by atoms with Crippen molar-refractivity contribution in [3.05, 3.63) is 65.9 Å². The molecule has 0 aliphatic heterocycles. The van der Waals surface area contributed by atoms with Gasteiger partial charge in [0.15, 0.2) is 0 Å². The van der Waals surface area contributed by atoms with Crippen LogP contribution in [0.2, 0.25) is 0 Å². The number of pyridine rings is 1. The van der Waals surface area contributed by atoms with Crippen LogP contribution in [0.3, 0.4) is 0 Å². The maximum Gasteiger partial charge on any atom is 0.471 e. The second-order valence-corrected chi connectivity index (χ2v) is 7.10. The molecule has 4 aromatic rings. The molecule has 0 saturated heterocycles. The van der Waals surface area contributed by atoms with E-state index in [1.54, 1.807) is 34.5 Å². The Balaban J connectivity index is 1.56. The van der Waals surface area contributed by atoms with E-state index in [0.717, 1.165) is 12.1 Å². The van der Waals surface area contributed by atoms with Gasteiger partial charge in [-0.15, -0.1) is 11.8 Å². The van der Waals surface area contributed by atoms with Gasteiger partial charge in [0.25, 0.3) is 0 Å². The van der Waals surface area contributed by atoms with Crippen LogP contribution in [0, 0.1) is 0 Å². The zero-order valence-corrected chi connectivity index (χ0v) is 15.6. The number of hydrogen-bond acceptors (Lipinski definition) is 5. The highest BCUT2D eigenvalue weighted by molar-refractivity contribution is 7.98. The van der Waals surface area contributed by atoms with Gasteiger partial charge < -0.3 is 8.92 Å². The highest BCUT2D eigenvalue weighted by atomic mass is 32.2. The number of thioether (sulfide) groups is 1. The van der Waals surface area contributed by atoms with E-state index < -0.39 is 12.1 Å². The molecular formula is C19H15F3N4OS. The normalized spacial score (nSPS) is 12.0. The van der Waals surface area contributed by atoms with E-state index >= 15 is 0 Å². The fourth-order valence-corrected chi connectivity index (χ4v) is 3.81. The zero-order valence-electron chi connectivity index (χ0n) is 14.8. The second kappa shape index (κ2) is 7.31. The molecule has 1 aromatic carbocycles. The van der Waals surface area contributed by atoms with Crippen LogP contribution < -0.4 is 0 Å². The number of aryl methyl sites for hydroxylation is 1. The minimum Gasteiger partial charge on any atom is -0.329 e. The lowest BCUT2D eigenvalue weighted by molar-refractivity contribution is -0.159. The molecule has 0 atom stereocenters. The third kappa shape index (κ3) is 3.75. The van der Waals surface area contributed by atoms with Gasteiger partial charge in [0.05, 0.1) is 5.69 Å². The van der Waals surface area contributed by atoms with E-state index in [1.807, 2.05) is 18.3 Å². The van der Waals surface area contributed by atoms with E-state index in [4.69, 9.17) is 0 Å². The molecule has 0 spiro atoms. The Morgan fingerprint density at radius 2 is 1.89 bits per heavy atom. The summed E-state index contributed by atoms with van der Waals surface area (Å²) >= 11 is 1.71. The lowest BCUT2D eigenvalue weighted by Crippen LogP contribution is -2.04. The minimum absolute atomic E-state index is 0.115. The average molecular weight is 404 g/mol. The smallest absolute Gasteiger partial charge is 0.329 e. The summed E-state index contributed by atoms with van der Waals surface area (Å²) in [5.74, 6) is -0.787. The standard InChI is InChI=1S/C19H15F3N4OS/c1-2-12-5-3-4-6-15(12)28-11-14-10-26-9-13(7-8-16(26)23-14)17-24-18(27-25-17)19(20,21)22/h3-10H,2,11H2,1H3. The Kier molecular flexibility index (Phi) is 4.84. The maximum atomic E-state index is 12.6. The SMILES string of the molecule is CCc1ccccc1SCc1cn2cc(-c3noc(C(F)(F)F)n3)ccc2n1. The van der Waals surface area contributed by atoms with Gasteiger partial charge in [-0.1, -0.05) is 30.3 Å². The molecule has 4 rings (SSSR count). The van der Waals surface area contributed by atoms with Gasteiger partial charge in [0.1, 0.15) is 5.65 Å². The summed E-state index contributed by atoms with van der Waals surface area (Å²) in [6.07, 6.45) is -0.210. The summed E-state index contributed by atoms with van der Waals surface area (Å²) in [4.78, 5) is 9.20. The number of rotatable bonds is 5. The molecule has 0 bridgehead atoms. The number of aromatic nitrogens is 4. The van der Waals surface area contributed by atoms with Crippen molar-refractivity contribution in [3.63, 3.8) is 0 Å². The van der Waals surface area contributed by atoms with Crippen LogP contribution in [0.25, 0.3) is 17.0 Å². The van der Waals surface area contributed by atoms with Crippen molar-refractivity contribution in [2.24, 2.45) is 0 Å². The first-order valence-electron chi connectivity index (χ1n) is 8.53. The third-order valence-electron chi connectivity index (χ3n) is 4.16. The van der Waals surface area contributed by atoms with Gasteiger partial charge in [-0.3, -0.25) is 0 Å². The molecule has 0 aliphatic carbocycles. The Bertz CT molecular complexity index is 1120. The molecule has 0 amide bonds. The summed E-state index contributed by atoms with van der Waals surface area (Å²) in [5, 5.41) is 3.42. The molecule has 0 fully saturated rings. The Morgan fingerprint density at radius 3 is 2.64 bits per heavy atom. The van der Waals surface area contributed by atoms with Crippen molar-refractivity contribution in [1.82, 2.24) is 19.5 Å². The van der Waals surface area contributed by atoms with Crippen LogP contribution in [0.1, 0.15) is 24.1 Å². The van der Waals surface area contributed by atoms with Gasteiger partial charge in [-0.2, -0.15) is 18.2 Å². The van der Waals surface area contributed by atoms with Crippen molar-refractivity contribution >= 4 is 17.4 Å². The van der Waals surface area contributed by atoms with E-state index in [1.165, 1.54) is 10.5 Å². The third-order valence-corrected chi connectivity index (χ3v) is 5.31. The molecule has 3 heterocycles. The van der Waals surface area contributed by atoms with Crippen LogP contribution in [0.15, 0.2) is 58.2 Å². The number of hydrogen-bond donors (Lipinski definition) is 0. The number of imidazole rings is 1. The maximum absolute atomic E-state index is 12.6. The molecule has 0 saturated carbocycles. The van der Waals surface area contributed by atoms with Crippen molar-refractivity contribution in [2.75, 3.05) is 0 Å². The van der Waals surface area contributed by atoms with E-state index in [0.29, 0.717) is 17.0 Å². The fourth-order valence-electron chi connectivity index (χ4n) is 2.79. The van der Waals surface area contributed by atoms with E-state index in [9.17, 15) is 13.2 Å². The average Bonchev–Trinajstić information content (AvgIpc) is 3.32. The molecule has 0 N–H and O–H groups in total. The van der Waals surface area contributed by atoms with E-state index in [-0.39, 0.29) is 5.82 Å². The summed E-state index contributed by atoms with van der Waals surface area (Å²) in [5.41, 5.74) is 3.27. The van der Waals surface area contributed by atoms with Crippen LogP contribution in [-0.2, 0) is 18.3 Å². The molecule has 0 radical (unpaired) electrons. The lowest BCUT2D eigenvalue weighted by atomic mass is 10.2. The number of alkyl halides is 3. The summed E-state index contributed by atoms with van der Waals surface area (Å²) in [7, 11) is 0. The van der Waals surface area contributed by atoms with Crippen LogP contribution in [0.4, 0.5) is 13.2 Å². The minimum atomic E-state index is -4.66. The molecule has 28 heavy (non-hydrogen) atoms. The topological polar surface area (TPSA) is 56.2 Å². The molecule has 9 heteroatoms. The predicted octanol–water partition coefficient (Wildman–Crippen LogP) is 5.26. The number of fused-ring (bicyclic) bond motifs is 1. The number of nitrogens with zero attached hydrogens (tertiary/aromatic N) is 4. The van der Waals surface area contributed by atoms with Crippen molar-refractivity contribution in [1.29, 1.82) is 0 Å². The Morgan fingerprint density at radius 1 is 1.07 bits per heavy atom. The molecule has 3 aromatic heterocycles. The fraction of sp³-hybridized carbons (Fsp3) is 0.211. The molecule has 144 valence electrons. The lowest BCUT2D eigenvalue weighted by Gasteiger charge is -2.05. The quantitative estimate of drug-likeness (QED) is 0.425. The molecular weight excluding hydrogens is 389 g/mol. The molecule has 0 aliphatic rings.